The van der Waals surface area contributed by atoms with Gasteiger partial charge in [0.05, 0.1) is 11.6 Å². The van der Waals surface area contributed by atoms with Crippen LogP contribution in [0.1, 0.15) is 5.56 Å². The lowest BCUT2D eigenvalue weighted by molar-refractivity contribution is 0.262. The van der Waals surface area contributed by atoms with Gasteiger partial charge in [0.1, 0.15) is 5.82 Å². The molecule has 16 heavy (non-hydrogen) atoms. The van der Waals surface area contributed by atoms with Crippen molar-refractivity contribution >= 4 is 11.6 Å². The number of nitrogens with two attached hydrogens (primary N) is 1. The third-order valence-corrected chi connectivity index (χ3v) is 2.51. The molecule has 0 radical (unpaired) electrons. The Morgan fingerprint density at radius 2 is 2.25 bits per heavy atom. The van der Waals surface area contributed by atoms with Crippen LogP contribution in [-0.2, 0) is 6.42 Å². The fraction of sp³-hybridized carbons (Fsp3) is 0.455. The second-order valence-electron chi connectivity index (χ2n) is 3.65. The van der Waals surface area contributed by atoms with Crippen LogP contribution in [0.15, 0.2) is 18.2 Å². The van der Waals surface area contributed by atoms with E-state index in [4.69, 9.17) is 22.4 Å². The molecule has 1 atom stereocenters. The summed E-state index contributed by atoms with van der Waals surface area (Å²) < 4.78 is 12.8. The molecule has 0 aliphatic rings. The summed E-state index contributed by atoms with van der Waals surface area (Å²) in [5.41, 5.74) is 6.48. The van der Waals surface area contributed by atoms with E-state index in [0.717, 1.165) is 18.5 Å². The topological polar surface area (TPSA) is 58.3 Å². The number of rotatable bonds is 6. The maximum atomic E-state index is 12.8. The summed E-state index contributed by atoms with van der Waals surface area (Å²) in [6, 6.07) is 4.44. The van der Waals surface area contributed by atoms with E-state index in [9.17, 15) is 4.39 Å². The fourth-order valence-corrected chi connectivity index (χ4v) is 1.48. The summed E-state index contributed by atoms with van der Waals surface area (Å²) >= 11 is 5.65. The van der Waals surface area contributed by atoms with E-state index in [0.29, 0.717) is 6.54 Å². The summed E-state index contributed by atoms with van der Waals surface area (Å²) in [6.45, 7) is 1.25. The second kappa shape index (κ2) is 6.81. The van der Waals surface area contributed by atoms with Gasteiger partial charge in [-0.3, -0.25) is 0 Å². The number of benzene rings is 1. The fourth-order valence-electron chi connectivity index (χ4n) is 1.28. The first-order valence-electron chi connectivity index (χ1n) is 5.14. The second-order valence-corrected chi connectivity index (χ2v) is 4.05. The molecule has 3 nitrogen and oxygen atoms in total. The van der Waals surface area contributed by atoms with Gasteiger partial charge in [-0.2, -0.15) is 0 Å². The lowest BCUT2D eigenvalue weighted by atomic mass is 10.1. The smallest absolute Gasteiger partial charge is 0.141 e. The van der Waals surface area contributed by atoms with E-state index < -0.39 is 5.82 Å². The Morgan fingerprint density at radius 3 is 2.88 bits per heavy atom. The molecule has 0 heterocycles. The Bertz CT molecular complexity index is 336. The van der Waals surface area contributed by atoms with Crippen LogP contribution < -0.4 is 11.1 Å². The maximum Gasteiger partial charge on any atom is 0.141 e. The van der Waals surface area contributed by atoms with Crippen LogP contribution in [-0.4, -0.2) is 30.8 Å². The molecule has 0 spiro atoms. The summed E-state index contributed by atoms with van der Waals surface area (Å²) in [4.78, 5) is 0. The molecule has 90 valence electrons. The zero-order valence-corrected chi connectivity index (χ0v) is 9.67. The quantitative estimate of drug-likeness (QED) is 0.655. The minimum atomic E-state index is -0.402. The highest BCUT2D eigenvalue weighted by atomic mass is 35.5. The van der Waals surface area contributed by atoms with Crippen LogP contribution in [0.25, 0.3) is 0 Å². The van der Waals surface area contributed by atoms with Gasteiger partial charge in [-0.05, 0) is 30.7 Å². The number of aliphatic hydroxyl groups is 1. The van der Waals surface area contributed by atoms with Gasteiger partial charge in [0, 0.05) is 12.6 Å². The molecule has 0 aliphatic carbocycles. The summed E-state index contributed by atoms with van der Waals surface area (Å²) in [6.07, 6.45) is 0.748. The zero-order valence-electron chi connectivity index (χ0n) is 8.92. The monoisotopic (exact) mass is 246 g/mol. The highest BCUT2D eigenvalue weighted by Crippen LogP contribution is 2.15. The van der Waals surface area contributed by atoms with Crippen molar-refractivity contribution in [3.05, 3.63) is 34.6 Å². The predicted molar refractivity (Wildman–Crippen MR) is 63.0 cm³/mol. The first kappa shape index (κ1) is 13.4. The van der Waals surface area contributed by atoms with Gasteiger partial charge >= 0.3 is 0 Å². The molecule has 0 saturated heterocycles. The predicted octanol–water partition coefficient (Wildman–Crippen LogP) is 0.931. The molecule has 4 N–H and O–H groups in total. The largest absolute Gasteiger partial charge is 0.395 e. The molecule has 1 rings (SSSR count). The molecule has 0 saturated carbocycles. The molecule has 0 aromatic heterocycles. The third kappa shape index (κ3) is 4.45. The Labute approximate surface area is 99.4 Å². The molecule has 0 fully saturated rings. The Balaban J connectivity index is 2.29. The van der Waals surface area contributed by atoms with Crippen LogP contribution in [0.2, 0.25) is 5.02 Å². The summed E-state index contributed by atoms with van der Waals surface area (Å²) in [7, 11) is 0. The highest BCUT2D eigenvalue weighted by Gasteiger charge is 2.02. The molecule has 0 amide bonds. The van der Waals surface area contributed by atoms with Gasteiger partial charge in [0.2, 0.25) is 0 Å². The number of aliphatic hydroxyl groups excluding tert-OH is 1. The van der Waals surface area contributed by atoms with Crippen LogP contribution in [0.5, 0.6) is 0 Å². The molecule has 1 unspecified atom stereocenters. The van der Waals surface area contributed by atoms with Crippen molar-refractivity contribution in [3.8, 4) is 0 Å². The van der Waals surface area contributed by atoms with E-state index in [-0.39, 0.29) is 17.7 Å². The first-order chi connectivity index (χ1) is 7.63. The number of hydrogen-bond acceptors (Lipinski definition) is 3. The zero-order chi connectivity index (χ0) is 12.0. The average molecular weight is 247 g/mol. The minimum absolute atomic E-state index is 0.0324. The SMILES string of the molecule is NC(CO)CNCCc1ccc(F)c(Cl)c1. The third-order valence-electron chi connectivity index (χ3n) is 2.22. The standard InChI is InChI=1S/C11H16ClFN2O/c12-10-5-8(1-2-11(10)13)3-4-15-6-9(14)7-16/h1-2,5,9,15-16H,3-4,6-7,14H2. The Hall–Kier alpha value is -0.680. The van der Waals surface area contributed by atoms with E-state index in [1.807, 2.05) is 0 Å². The van der Waals surface area contributed by atoms with Crippen molar-refractivity contribution in [2.75, 3.05) is 19.7 Å². The normalized spacial score (nSPS) is 12.8. The van der Waals surface area contributed by atoms with Crippen molar-refractivity contribution in [2.24, 2.45) is 5.73 Å². The summed E-state index contributed by atoms with van der Waals surface area (Å²) in [5.74, 6) is -0.402. The van der Waals surface area contributed by atoms with E-state index >= 15 is 0 Å². The molecule has 0 bridgehead atoms. The van der Waals surface area contributed by atoms with Crippen molar-refractivity contribution in [2.45, 2.75) is 12.5 Å². The van der Waals surface area contributed by atoms with Gasteiger partial charge in [-0.25, -0.2) is 4.39 Å². The van der Waals surface area contributed by atoms with Gasteiger partial charge in [0.25, 0.3) is 0 Å². The van der Waals surface area contributed by atoms with Crippen molar-refractivity contribution in [1.82, 2.24) is 5.32 Å². The van der Waals surface area contributed by atoms with Crippen molar-refractivity contribution in [1.29, 1.82) is 0 Å². The van der Waals surface area contributed by atoms with Crippen LogP contribution in [0, 0.1) is 5.82 Å². The lowest BCUT2D eigenvalue weighted by Crippen LogP contribution is -2.37. The van der Waals surface area contributed by atoms with Crippen LogP contribution in [0.4, 0.5) is 4.39 Å². The average Bonchev–Trinajstić information content (AvgIpc) is 2.28. The van der Waals surface area contributed by atoms with Gasteiger partial charge in [0.15, 0.2) is 0 Å². The highest BCUT2D eigenvalue weighted by molar-refractivity contribution is 6.30. The number of nitrogens with one attached hydrogen (secondary N) is 1. The maximum absolute atomic E-state index is 12.8. The molecular weight excluding hydrogens is 231 g/mol. The number of hydrogen-bond donors (Lipinski definition) is 3. The summed E-state index contributed by atoms with van der Waals surface area (Å²) in [5, 5.41) is 11.9. The van der Waals surface area contributed by atoms with E-state index in [1.54, 1.807) is 12.1 Å². The van der Waals surface area contributed by atoms with Crippen LogP contribution in [0.3, 0.4) is 0 Å². The minimum Gasteiger partial charge on any atom is -0.395 e. The van der Waals surface area contributed by atoms with E-state index in [1.165, 1.54) is 6.07 Å². The van der Waals surface area contributed by atoms with Gasteiger partial charge < -0.3 is 16.2 Å². The molecule has 1 aromatic carbocycles. The van der Waals surface area contributed by atoms with E-state index in [2.05, 4.69) is 5.32 Å². The molecule has 5 heteroatoms. The first-order valence-corrected chi connectivity index (χ1v) is 5.52. The molecule has 1 aromatic rings. The van der Waals surface area contributed by atoms with Crippen molar-refractivity contribution < 1.29 is 9.50 Å². The lowest BCUT2D eigenvalue weighted by Gasteiger charge is -2.09. The van der Waals surface area contributed by atoms with Crippen molar-refractivity contribution in [3.63, 3.8) is 0 Å². The Morgan fingerprint density at radius 1 is 1.50 bits per heavy atom. The van der Waals surface area contributed by atoms with Gasteiger partial charge in [-0.1, -0.05) is 17.7 Å². The molecule has 0 aliphatic heterocycles. The van der Waals surface area contributed by atoms with Crippen LogP contribution >= 0.6 is 11.6 Å². The number of halogens is 2. The Kier molecular flexibility index (Phi) is 5.69. The van der Waals surface area contributed by atoms with Gasteiger partial charge in [-0.15, -0.1) is 0 Å². The molecular formula is C11H16ClFN2O.